The molecule has 0 aliphatic heterocycles. The number of carbonyl (C=O) groups excluding carboxylic acids is 1. The molecule has 2 rings (SSSR count). The molecule has 19 heavy (non-hydrogen) atoms. The fraction of sp³-hybridized carbons (Fsp3) is 0.0714. The fourth-order valence-electron chi connectivity index (χ4n) is 1.56. The molecule has 0 aromatic heterocycles. The Morgan fingerprint density at radius 2 is 1.84 bits per heavy atom. The number of halogens is 3. The van der Waals surface area contributed by atoms with Crippen LogP contribution in [0.2, 0.25) is 0 Å². The Hall–Kier alpha value is -1.20. The zero-order valence-corrected chi connectivity index (χ0v) is 13.2. The molecule has 1 amide bonds. The first-order valence-corrected chi connectivity index (χ1v) is 7.08. The lowest BCUT2D eigenvalue weighted by molar-refractivity contribution is 0.102. The predicted octanol–water partition coefficient (Wildman–Crippen LogP) is 4.91. The quantitative estimate of drug-likeness (QED) is 0.780. The number of hydrogen-bond acceptors (Lipinski definition) is 1. The summed E-state index contributed by atoms with van der Waals surface area (Å²) in [5.41, 5.74) is 2.12. The van der Waals surface area contributed by atoms with E-state index in [0.29, 0.717) is 11.3 Å². The number of benzene rings is 2. The Balaban J connectivity index is 2.20. The van der Waals surface area contributed by atoms with Crippen molar-refractivity contribution in [2.75, 3.05) is 5.32 Å². The van der Waals surface area contributed by atoms with Gasteiger partial charge in [-0.2, -0.15) is 0 Å². The van der Waals surface area contributed by atoms with Gasteiger partial charge in [0.15, 0.2) is 0 Å². The van der Waals surface area contributed by atoms with Crippen LogP contribution >= 0.6 is 31.9 Å². The van der Waals surface area contributed by atoms with Gasteiger partial charge >= 0.3 is 0 Å². The molecule has 0 bridgehead atoms. The molecule has 5 heteroatoms. The monoisotopic (exact) mass is 385 g/mol. The first-order chi connectivity index (χ1) is 8.97. The number of aryl methyl sites for hydroxylation is 1. The van der Waals surface area contributed by atoms with Crippen LogP contribution in [0, 0.1) is 12.7 Å². The summed E-state index contributed by atoms with van der Waals surface area (Å²) in [7, 11) is 0. The van der Waals surface area contributed by atoms with Crippen LogP contribution in [-0.4, -0.2) is 5.91 Å². The van der Waals surface area contributed by atoms with E-state index in [1.807, 2.05) is 19.1 Å². The average molecular weight is 387 g/mol. The molecular weight excluding hydrogens is 377 g/mol. The summed E-state index contributed by atoms with van der Waals surface area (Å²) in [6.07, 6.45) is 0. The summed E-state index contributed by atoms with van der Waals surface area (Å²) >= 11 is 6.46. The second-order valence-electron chi connectivity index (χ2n) is 4.05. The molecule has 0 saturated heterocycles. The maximum Gasteiger partial charge on any atom is 0.255 e. The van der Waals surface area contributed by atoms with E-state index in [4.69, 9.17) is 0 Å². The lowest BCUT2D eigenvalue weighted by atomic mass is 10.2. The van der Waals surface area contributed by atoms with Gasteiger partial charge in [0.05, 0.1) is 4.47 Å². The maximum atomic E-state index is 13.1. The van der Waals surface area contributed by atoms with E-state index in [1.54, 1.807) is 6.07 Å². The van der Waals surface area contributed by atoms with Crippen molar-refractivity contribution < 1.29 is 9.18 Å². The van der Waals surface area contributed by atoms with E-state index in [9.17, 15) is 9.18 Å². The topological polar surface area (TPSA) is 29.1 Å². The smallest absolute Gasteiger partial charge is 0.255 e. The summed E-state index contributed by atoms with van der Waals surface area (Å²) in [6.45, 7) is 1.94. The molecule has 0 saturated carbocycles. The van der Waals surface area contributed by atoms with Crippen molar-refractivity contribution in [2.24, 2.45) is 0 Å². The Morgan fingerprint density at radius 3 is 2.47 bits per heavy atom. The third-order valence-electron chi connectivity index (χ3n) is 2.60. The van der Waals surface area contributed by atoms with E-state index >= 15 is 0 Å². The van der Waals surface area contributed by atoms with Crippen molar-refractivity contribution >= 4 is 43.5 Å². The Morgan fingerprint density at radius 1 is 1.11 bits per heavy atom. The van der Waals surface area contributed by atoms with Crippen LogP contribution in [0.1, 0.15) is 15.9 Å². The SMILES string of the molecule is Cc1cc(NC(=O)c2ccc(F)c(Br)c2)ccc1Br. The molecule has 1 N–H and O–H groups in total. The van der Waals surface area contributed by atoms with E-state index < -0.39 is 5.82 Å². The van der Waals surface area contributed by atoms with Gasteiger partial charge in [-0.3, -0.25) is 4.79 Å². The van der Waals surface area contributed by atoms with E-state index in [2.05, 4.69) is 37.2 Å². The second-order valence-corrected chi connectivity index (χ2v) is 5.76. The van der Waals surface area contributed by atoms with Gasteiger partial charge in [0.1, 0.15) is 5.82 Å². The first kappa shape index (κ1) is 14.2. The standard InChI is InChI=1S/C14H10Br2FNO/c1-8-6-10(3-4-11(8)15)18-14(19)9-2-5-13(17)12(16)7-9/h2-7H,1H3,(H,18,19). The van der Waals surface area contributed by atoms with Crippen molar-refractivity contribution in [1.29, 1.82) is 0 Å². The number of hydrogen-bond donors (Lipinski definition) is 1. The zero-order chi connectivity index (χ0) is 14.0. The van der Waals surface area contributed by atoms with Gasteiger partial charge < -0.3 is 5.32 Å². The summed E-state index contributed by atoms with van der Waals surface area (Å²) in [4.78, 5) is 12.0. The highest BCUT2D eigenvalue weighted by molar-refractivity contribution is 9.10. The van der Waals surface area contributed by atoms with Crippen LogP contribution in [-0.2, 0) is 0 Å². The normalized spacial score (nSPS) is 10.3. The summed E-state index contributed by atoms with van der Waals surface area (Å²) in [5, 5.41) is 2.77. The number of rotatable bonds is 2. The van der Waals surface area contributed by atoms with Crippen molar-refractivity contribution in [1.82, 2.24) is 0 Å². The van der Waals surface area contributed by atoms with Gasteiger partial charge in [-0.15, -0.1) is 0 Å². The van der Waals surface area contributed by atoms with E-state index in [-0.39, 0.29) is 10.4 Å². The lowest BCUT2D eigenvalue weighted by Gasteiger charge is -2.07. The molecule has 0 heterocycles. The summed E-state index contributed by atoms with van der Waals surface area (Å²) < 4.78 is 14.4. The average Bonchev–Trinajstić information content (AvgIpc) is 2.37. The van der Waals surface area contributed by atoms with Gasteiger partial charge in [0.25, 0.3) is 5.91 Å². The summed E-state index contributed by atoms with van der Waals surface area (Å²) in [5.74, 6) is -0.668. The van der Waals surface area contributed by atoms with Crippen LogP contribution in [0.25, 0.3) is 0 Å². The third kappa shape index (κ3) is 3.42. The first-order valence-electron chi connectivity index (χ1n) is 5.50. The predicted molar refractivity (Wildman–Crippen MR) is 80.9 cm³/mol. The Bertz CT molecular complexity index is 643. The van der Waals surface area contributed by atoms with Crippen molar-refractivity contribution in [3.63, 3.8) is 0 Å². The minimum absolute atomic E-state index is 0.270. The molecular formula is C14H10Br2FNO. The molecule has 2 aromatic rings. The van der Waals surface area contributed by atoms with Crippen LogP contribution < -0.4 is 5.32 Å². The molecule has 0 aliphatic rings. The van der Waals surface area contributed by atoms with Crippen LogP contribution in [0.5, 0.6) is 0 Å². The van der Waals surface area contributed by atoms with E-state index in [0.717, 1.165) is 10.0 Å². The third-order valence-corrected chi connectivity index (χ3v) is 4.10. The highest BCUT2D eigenvalue weighted by Crippen LogP contribution is 2.21. The molecule has 0 unspecified atom stereocenters. The van der Waals surface area contributed by atoms with Gasteiger partial charge in [-0.25, -0.2) is 4.39 Å². The largest absolute Gasteiger partial charge is 0.322 e. The van der Waals surface area contributed by atoms with Gasteiger partial charge in [-0.1, -0.05) is 15.9 Å². The lowest BCUT2D eigenvalue weighted by Crippen LogP contribution is -2.12. The molecule has 0 radical (unpaired) electrons. The van der Waals surface area contributed by atoms with Crippen LogP contribution in [0.15, 0.2) is 45.3 Å². The Kier molecular flexibility index (Phi) is 4.37. The van der Waals surface area contributed by atoms with Crippen LogP contribution in [0.4, 0.5) is 10.1 Å². The second kappa shape index (κ2) is 5.84. The number of nitrogens with one attached hydrogen (secondary N) is 1. The number of carbonyl (C=O) groups is 1. The number of amides is 1. The van der Waals surface area contributed by atoms with Crippen molar-refractivity contribution in [3.8, 4) is 0 Å². The molecule has 0 aliphatic carbocycles. The molecule has 98 valence electrons. The van der Waals surface area contributed by atoms with Gasteiger partial charge in [0, 0.05) is 15.7 Å². The van der Waals surface area contributed by atoms with Crippen LogP contribution in [0.3, 0.4) is 0 Å². The fourth-order valence-corrected chi connectivity index (χ4v) is 2.19. The molecule has 0 fully saturated rings. The van der Waals surface area contributed by atoms with E-state index in [1.165, 1.54) is 18.2 Å². The minimum atomic E-state index is -0.393. The summed E-state index contributed by atoms with van der Waals surface area (Å²) in [6, 6.07) is 9.68. The molecule has 2 aromatic carbocycles. The highest BCUT2D eigenvalue weighted by atomic mass is 79.9. The zero-order valence-electron chi connectivity index (χ0n) is 10.0. The van der Waals surface area contributed by atoms with Gasteiger partial charge in [-0.05, 0) is 64.8 Å². The molecule has 0 spiro atoms. The minimum Gasteiger partial charge on any atom is -0.322 e. The number of anilines is 1. The Labute approximate surface area is 127 Å². The van der Waals surface area contributed by atoms with Crippen molar-refractivity contribution in [2.45, 2.75) is 6.92 Å². The van der Waals surface area contributed by atoms with Crippen molar-refractivity contribution in [3.05, 3.63) is 62.3 Å². The maximum absolute atomic E-state index is 13.1. The highest BCUT2D eigenvalue weighted by Gasteiger charge is 2.09. The van der Waals surface area contributed by atoms with Gasteiger partial charge in [0.2, 0.25) is 0 Å². The molecule has 2 nitrogen and oxygen atoms in total. The molecule has 0 atom stereocenters.